The SMILES string of the molecule is COc1cc(-c2[nH]c3ccc(CC4CN(C(=O)CN(C)C)C4)cc3c2C(C)C)cn2ncnc12. The van der Waals surface area contributed by atoms with Crippen LogP contribution in [-0.2, 0) is 11.2 Å². The molecule has 178 valence electrons. The highest BCUT2D eigenvalue weighted by molar-refractivity contribution is 5.92. The predicted octanol–water partition coefficient (Wildman–Crippen LogP) is 3.57. The quantitative estimate of drug-likeness (QED) is 0.456. The summed E-state index contributed by atoms with van der Waals surface area (Å²) in [4.78, 5) is 24.1. The number of methoxy groups -OCH3 is 1. The Balaban J connectivity index is 1.44. The molecule has 4 heterocycles. The van der Waals surface area contributed by atoms with Crippen LogP contribution in [-0.4, -0.2) is 76.1 Å². The van der Waals surface area contributed by atoms with E-state index in [4.69, 9.17) is 4.74 Å². The van der Waals surface area contributed by atoms with Crippen LogP contribution in [0.3, 0.4) is 0 Å². The molecule has 0 radical (unpaired) electrons. The lowest BCUT2D eigenvalue weighted by molar-refractivity contribution is -0.138. The van der Waals surface area contributed by atoms with E-state index in [0.29, 0.717) is 29.8 Å². The fraction of sp³-hybridized carbons (Fsp3) is 0.423. The van der Waals surface area contributed by atoms with Gasteiger partial charge in [-0.3, -0.25) is 4.79 Å². The van der Waals surface area contributed by atoms with Crippen molar-refractivity contribution in [2.45, 2.75) is 26.2 Å². The predicted molar refractivity (Wildman–Crippen MR) is 133 cm³/mol. The number of H-pyrrole nitrogens is 1. The van der Waals surface area contributed by atoms with Gasteiger partial charge in [0.05, 0.1) is 19.3 Å². The third-order valence-electron chi connectivity index (χ3n) is 6.62. The normalized spacial score (nSPS) is 14.5. The summed E-state index contributed by atoms with van der Waals surface area (Å²) < 4.78 is 7.34. The Morgan fingerprint density at radius 1 is 1.26 bits per heavy atom. The molecule has 0 atom stereocenters. The molecule has 3 aromatic heterocycles. The van der Waals surface area contributed by atoms with Gasteiger partial charge in [0.2, 0.25) is 5.91 Å². The highest BCUT2D eigenvalue weighted by atomic mass is 16.5. The number of ether oxygens (including phenoxy) is 1. The molecule has 5 rings (SSSR count). The van der Waals surface area contributed by atoms with Gasteiger partial charge in [0.15, 0.2) is 11.4 Å². The molecule has 8 nitrogen and oxygen atoms in total. The van der Waals surface area contributed by atoms with Gasteiger partial charge in [-0.15, -0.1) is 0 Å². The number of aromatic nitrogens is 4. The maximum absolute atomic E-state index is 12.2. The lowest BCUT2D eigenvalue weighted by Crippen LogP contribution is -2.53. The fourth-order valence-electron chi connectivity index (χ4n) is 5.00. The maximum Gasteiger partial charge on any atom is 0.236 e. The van der Waals surface area contributed by atoms with Crippen LogP contribution in [0.5, 0.6) is 5.75 Å². The van der Waals surface area contributed by atoms with Crippen LogP contribution in [0.4, 0.5) is 0 Å². The van der Waals surface area contributed by atoms with Gasteiger partial charge in [0.25, 0.3) is 0 Å². The number of fused-ring (bicyclic) bond motifs is 2. The number of likely N-dealkylation sites (N-methyl/N-ethyl adjacent to an activating group) is 1. The Bertz CT molecular complexity index is 1350. The Hall–Kier alpha value is -3.39. The second-order valence-electron chi connectivity index (χ2n) is 9.88. The zero-order valence-electron chi connectivity index (χ0n) is 20.5. The van der Waals surface area contributed by atoms with Crippen molar-refractivity contribution in [2.75, 3.05) is 40.8 Å². The van der Waals surface area contributed by atoms with E-state index in [1.807, 2.05) is 36.2 Å². The van der Waals surface area contributed by atoms with Crippen molar-refractivity contribution >= 4 is 22.5 Å². The van der Waals surface area contributed by atoms with E-state index in [0.717, 1.165) is 36.3 Å². The largest absolute Gasteiger partial charge is 0.493 e. The Kier molecular flexibility index (Phi) is 5.77. The molecule has 1 N–H and O–H groups in total. The van der Waals surface area contributed by atoms with Gasteiger partial charge in [-0.1, -0.05) is 19.9 Å². The summed E-state index contributed by atoms with van der Waals surface area (Å²) in [6, 6.07) is 8.73. The molecule has 1 fully saturated rings. The van der Waals surface area contributed by atoms with Gasteiger partial charge >= 0.3 is 0 Å². The first kappa shape index (κ1) is 22.4. The monoisotopic (exact) mass is 460 g/mol. The minimum Gasteiger partial charge on any atom is -0.493 e. The van der Waals surface area contributed by atoms with Crippen molar-refractivity contribution in [1.29, 1.82) is 0 Å². The van der Waals surface area contributed by atoms with E-state index >= 15 is 0 Å². The fourth-order valence-corrected chi connectivity index (χ4v) is 5.00. The third-order valence-corrected chi connectivity index (χ3v) is 6.62. The van der Waals surface area contributed by atoms with Crippen LogP contribution >= 0.6 is 0 Å². The molecule has 34 heavy (non-hydrogen) atoms. The molecule has 4 aromatic rings. The summed E-state index contributed by atoms with van der Waals surface area (Å²) >= 11 is 0. The van der Waals surface area contributed by atoms with Crippen molar-refractivity contribution in [1.82, 2.24) is 29.4 Å². The molecule has 1 amide bonds. The molecular weight excluding hydrogens is 428 g/mol. The van der Waals surface area contributed by atoms with Gasteiger partial charge < -0.3 is 19.5 Å². The molecule has 1 aliphatic rings. The first-order chi connectivity index (χ1) is 16.3. The highest BCUT2D eigenvalue weighted by Gasteiger charge is 2.30. The molecule has 0 spiro atoms. The number of nitrogens with zero attached hydrogens (tertiary/aromatic N) is 5. The van der Waals surface area contributed by atoms with Gasteiger partial charge in [-0.05, 0) is 61.7 Å². The molecular formula is C26H32N6O2. The van der Waals surface area contributed by atoms with Crippen LogP contribution in [0.15, 0.2) is 36.8 Å². The second-order valence-corrected chi connectivity index (χ2v) is 9.88. The molecule has 0 bridgehead atoms. The molecule has 0 unspecified atom stereocenters. The van der Waals surface area contributed by atoms with E-state index in [1.54, 1.807) is 11.6 Å². The van der Waals surface area contributed by atoms with Crippen LogP contribution in [0, 0.1) is 5.92 Å². The summed E-state index contributed by atoms with van der Waals surface area (Å²) in [5.74, 6) is 1.76. The standard InChI is InChI=1S/C26H32N6O2/c1-16(2)24-20-9-17(8-18-11-31(12-18)23(33)14-30(3)4)6-7-21(20)29-25(24)19-10-22(34-5)26-27-15-28-32(26)13-19/h6-7,9-10,13,15-16,18,29H,8,11-12,14H2,1-5H3. The number of amides is 1. The molecule has 0 saturated carbocycles. The summed E-state index contributed by atoms with van der Waals surface area (Å²) in [7, 11) is 5.52. The summed E-state index contributed by atoms with van der Waals surface area (Å²) in [5, 5.41) is 5.57. The van der Waals surface area contributed by atoms with E-state index in [1.165, 1.54) is 22.8 Å². The first-order valence-electron chi connectivity index (χ1n) is 11.8. The van der Waals surface area contributed by atoms with Crippen LogP contribution in [0.25, 0.3) is 27.8 Å². The van der Waals surface area contributed by atoms with E-state index in [2.05, 4.69) is 47.1 Å². The lowest BCUT2D eigenvalue weighted by atomic mass is 9.90. The molecule has 0 aliphatic carbocycles. The summed E-state index contributed by atoms with van der Waals surface area (Å²) in [6.07, 6.45) is 4.52. The van der Waals surface area contributed by atoms with Crippen molar-refractivity contribution in [3.8, 4) is 17.0 Å². The topological polar surface area (TPSA) is 78.8 Å². The van der Waals surface area contributed by atoms with Gasteiger partial charge in [0.1, 0.15) is 6.33 Å². The number of pyridine rings is 1. The second kappa shape index (κ2) is 8.76. The Labute approximate surface area is 199 Å². The number of likely N-dealkylation sites (tertiary alicyclic amines) is 1. The third kappa shape index (κ3) is 4.03. The number of aromatic amines is 1. The zero-order chi connectivity index (χ0) is 24.0. The number of nitrogens with one attached hydrogen (secondary N) is 1. The molecule has 1 saturated heterocycles. The number of rotatable bonds is 7. The number of benzene rings is 1. The molecule has 1 aromatic carbocycles. The lowest BCUT2D eigenvalue weighted by Gasteiger charge is -2.40. The minimum absolute atomic E-state index is 0.217. The minimum atomic E-state index is 0.217. The van der Waals surface area contributed by atoms with Gasteiger partial charge in [-0.2, -0.15) is 5.10 Å². The molecule has 8 heteroatoms. The number of carbonyl (C=O) groups excluding carboxylic acids is 1. The number of hydrogen-bond acceptors (Lipinski definition) is 5. The zero-order valence-corrected chi connectivity index (χ0v) is 20.5. The van der Waals surface area contributed by atoms with Crippen molar-refractivity contribution in [3.05, 3.63) is 47.9 Å². The van der Waals surface area contributed by atoms with Crippen LogP contribution in [0.2, 0.25) is 0 Å². The highest BCUT2D eigenvalue weighted by Crippen LogP contribution is 2.38. The van der Waals surface area contributed by atoms with Crippen LogP contribution < -0.4 is 4.74 Å². The van der Waals surface area contributed by atoms with E-state index < -0.39 is 0 Å². The van der Waals surface area contributed by atoms with Crippen molar-refractivity contribution < 1.29 is 9.53 Å². The number of hydrogen-bond donors (Lipinski definition) is 1. The van der Waals surface area contributed by atoms with Crippen molar-refractivity contribution in [2.24, 2.45) is 5.92 Å². The van der Waals surface area contributed by atoms with Crippen LogP contribution in [0.1, 0.15) is 30.9 Å². The van der Waals surface area contributed by atoms with E-state index in [9.17, 15) is 4.79 Å². The Morgan fingerprint density at radius 2 is 2.06 bits per heavy atom. The average Bonchev–Trinajstić information content (AvgIpc) is 3.38. The Morgan fingerprint density at radius 3 is 2.76 bits per heavy atom. The first-order valence-corrected chi connectivity index (χ1v) is 11.8. The average molecular weight is 461 g/mol. The summed E-state index contributed by atoms with van der Waals surface area (Å²) in [5.41, 5.74) is 6.53. The van der Waals surface area contributed by atoms with Gasteiger partial charge in [0, 0.05) is 35.8 Å². The van der Waals surface area contributed by atoms with Crippen molar-refractivity contribution in [3.63, 3.8) is 0 Å². The molecule has 1 aliphatic heterocycles. The summed E-state index contributed by atoms with van der Waals surface area (Å²) in [6.45, 7) is 6.62. The van der Waals surface area contributed by atoms with Gasteiger partial charge in [-0.25, -0.2) is 9.50 Å². The smallest absolute Gasteiger partial charge is 0.236 e. The maximum atomic E-state index is 12.2. The van der Waals surface area contributed by atoms with E-state index in [-0.39, 0.29) is 5.91 Å². The number of carbonyl (C=O) groups is 1.